The molecule has 1 heterocycles. The minimum Gasteiger partial charge on any atom is -0.309 e. The van der Waals surface area contributed by atoms with Gasteiger partial charge in [0.15, 0.2) is 0 Å². The lowest BCUT2D eigenvalue weighted by molar-refractivity contribution is 0.365. The number of nitrogens with zero attached hydrogens (tertiary/aromatic N) is 2. The van der Waals surface area contributed by atoms with Crippen molar-refractivity contribution in [3.63, 3.8) is 0 Å². The van der Waals surface area contributed by atoms with Crippen LogP contribution in [0.25, 0.3) is 0 Å². The summed E-state index contributed by atoms with van der Waals surface area (Å²) in [4.78, 5) is 6.58. The van der Waals surface area contributed by atoms with Gasteiger partial charge < -0.3 is 10.2 Å². The molecule has 0 aliphatic carbocycles. The predicted octanol–water partition coefficient (Wildman–Crippen LogP) is 1.82. The van der Waals surface area contributed by atoms with Crippen LogP contribution in [0.2, 0.25) is 0 Å². The molecule has 1 aromatic rings. The summed E-state index contributed by atoms with van der Waals surface area (Å²) in [5.41, 5.74) is 2.33. The first-order valence-electron chi connectivity index (χ1n) is 5.87. The van der Waals surface area contributed by atoms with E-state index >= 15 is 0 Å². The van der Waals surface area contributed by atoms with Gasteiger partial charge in [-0.2, -0.15) is 0 Å². The van der Waals surface area contributed by atoms with Crippen LogP contribution in [0.15, 0.2) is 18.3 Å². The van der Waals surface area contributed by atoms with E-state index in [4.69, 9.17) is 0 Å². The van der Waals surface area contributed by atoms with E-state index < -0.39 is 0 Å². The van der Waals surface area contributed by atoms with Crippen molar-refractivity contribution in [2.24, 2.45) is 0 Å². The number of rotatable bonds is 6. The molecule has 0 spiro atoms. The summed E-state index contributed by atoms with van der Waals surface area (Å²) >= 11 is 0. The minimum absolute atomic E-state index is 0.533. The molecule has 1 aromatic heterocycles. The molecule has 0 aliphatic rings. The van der Waals surface area contributed by atoms with Gasteiger partial charge in [0, 0.05) is 18.8 Å². The lowest BCUT2D eigenvalue weighted by Crippen LogP contribution is -2.29. The van der Waals surface area contributed by atoms with Crippen LogP contribution >= 0.6 is 0 Å². The van der Waals surface area contributed by atoms with Crippen molar-refractivity contribution in [3.8, 4) is 0 Å². The molecule has 1 atom stereocenters. The summed E-state index contributed by atoms with van der Waals surface area (Å²) in [6, 6.07) is 4.72. The molecule has 0 aliphatic heterocycles. The van der Waals surface area contributed by atoms with Crippen LogP contribution in [0.1, 0.15) is 24.6 Å². The highest BCUT2D eigenvalue weighted by Crippen LogP contribution is 1.99. The van der Waals surface area contributed by atoms with Gasteiger partial charge in [0.1, 0.15) is 0 Å². The lowest BCUT2D eigenvalue weighted by Gasteiger charge is -2.16. The first kappa shape index (κ1) is 13.1. The summed E-state index contributed by atoms with van der Waals surface area (Å²) in [6.07, 6.45) is 3.08. The molecule has 1 rings (SSSR count). The highest BCUT2D eigenvalue weighted by atomic mass is 15.1. The highest BCUT2D eigenvalue weighted by molar-refractivity contribution is 5.11. The van der Waals surface area contributed by atoms with Gasteiger partial charge in [-0.25, -0.2) is 0 Å². The SMILES string of the molecule is Cc1ccc(CNC(C)CCN(C)C)nc1. The van der Waals surface area contributed by atoms with E-state index in [2.05, 4.69) is 55.3 Å². The Hall–Kier alpha value is -0.930. The molecule has 1 N–H and O–H groups in total. The first-order valence-corrected chi connectivity index (χ1v) is 5.87. The van der Waals surface area contributed by atoms with E-state index in [1.807, 2.05) is 6.20 Å². The van der Waals surface area contributed by atoms with E-state index in [0.717, 1.165) is 18.8 Å². The van der Waals surface area contributed by atoms with Crippen LogP contribution in [0.5, 0.6) is 0 Å². The average molecular weight is 221 g/mol. The topological polar surface area (TPSA) is 28.2 Å². The molecule has 3 nitrogen and oxygen atoms in total. The smallest absolute Gasteiger partial charge is 0.0541 e. The molecular weight excluding hydrogens is 198 g/mol. The Morgan fingerprint density at radius 3 is 2.69 bits per heavy atom. The zero-order valence-electron chi connectivity index (χ0n) is 10.8. The number of pyridine rings is 1. The van der Waals surface area contributed by atoms with Gasteiger partial charge in [0.25, 0.3) is 0 Å². The third-order valence-electron chi connectivity index (χ3n) is 2.61. The van der Waals surface area contributed by atoms with Crippen LogP contribution in [-0.4, -0.2) is 36.6 Å². The summed E-state index contributed by atoms with van der Waals surface area (Å²) in [7, 11) is 4.21. The average Bonchev–Trinajstić information content (AvgIpc) is 2.25. The molecule has 0 amide bonds. The maximum Gasteiger partial charge on any atom is 0.0541 e. The van der Waals surface area contributed by atoms with Gasteiger partial charge in [-0.1, -0.05) is 6.07 Å². The maximum absolute atomic E-state index is 4.37. The Labute approximate surface area is 98.9 Å². The molecule has 0 saturated heterocycles. The molecule has 0 fully saturated rings. The predicted molar refractivity (Wildman–Crippen MR) is 68.4 cm³/mol. The Kier molecular flexibility index (Phi) is 5.43. The standard InChI is InChI=1S/C13H23N3/c1-11-5-6-13(15-9-11)10-14-12(2)7-8-16(3)4/h5-6,9,12,14H,7-8,10H2,1-4H3. The van der Waals surface area contributed by atoms with Crippen LogP contribution in [0, 0.1) is 6.92 Å². The van der Waals surface area contributed by atoms with Crippen molar-refractivity contribution in [2.75, 3.05) is 20.6 Å². The van der Waals surface area contributed by atoms with Crippen molar-refractivity contribution in [3.05, 3.63) is 29.6 Å². The zero-order chi connectivity index (χ0) is 12.0. The van der Waals surface area contributed by atoms with E-state index in [1.165, 1.54) is 12.0 Å². The van der Waals surface area contributed by atoms with Gasteiger partial charge in [-0.05, 0) is 52.5 Å². The molecule has 16 heavy (non-hydrogen) atoms. The van der Waals surface area contributed by atoms with Gasteiger partial charge in [-0.15, -0.1) is 0 Å². The quantitative estimate of drug-likeness (QED) is 0.794. The van der Waals surface area contributed by atoms with Crippen LogP contribution < -0.4 is 5.32 Å². The fourth-order valence-electron chi connectivity index (χ4n) is 1.44. The molecule has 90 valence electrons. The molecule has 0 radical (unpaired) electrons. The number of hydrogen-bond donors (Lipinski definition) is 1. The van der Waals surface area contributed by atoms with E-state index in [-0.39, 0.29) is 0 Å². The third kappa shape index (κ3) is 5.24. The van der Waals surface area contributed by atoms with Gasteiger partial charge in [-0.3, -0.25) is 4.98 Å². The summed E-state index contributed by atoms with van der Waals surface area (Å²) in [5.74, 6) is 0. The second kappa shape index (κ2) is 6.61. The van der Waals surface area contributed by atoms with Crippen LogP contribution in [0.4, 0.5) is 0 Å². The molecular formula is C13H23N3. The third-order valence-corrected chi connectivity index (χ3v) is 2.61. The molecule has 0 bridgehead atoms. The number of hydrogen-bond acceptors (Lipinski definition) is 3. The van der Waals surface area contributed by atoms with Crippen molar-refractivity contribution in [2.45, 2.75) is 32.9 Å². The number of nitrogens with one attached hydrogen (secondary N) is 1. The minimum atomic E-state index is 0.533. The second-order valence-corrected chi connectivity index (χ2v) is 4.70. The zero-order valence-corrected chi connectivity index (χ0v) is 10.8. The highest BCUT2D eigenvalue weighted by Gasteiger charge is 2.02. The lowest BCUT2D eigenvalue weighted by atomic mass is 10.2. The first-order chi connectivity index (χ1) is 7.58. The van der Waals surface area contributed by atoms with E-state index in [9.17, 15) is 0 Å². The molecule has 1 unspecified atom stereocenters. The molecule has 0 aromatic carbocycles. The maximum atomic E-state index is 4.37. The monoisotopic (exact) mass is 221 g/mol. The van der Waals surface area contributed by atoms with Crippen molar-refractivity contribution >= 4 is 0 Å². The number of aromatic nitrogens is 1. The second-order valence-electron chi connectivity index (χ2n) is 4.70. The van der Waals surface area contributed by atoms with Gasteiger partial charge in [0.05, 0.1) is 5.69 Å². The van der Waals surface area contributed by atoms with Gasteiger partial charge >= 0.3 is 0 Å². The van der Waals surface area contributed by atoms with Crippen molar-refractivity contribution < 1.29 is 0 Å². The summed E-state index contributed by atoms with van der Waals surface area (Å²) in [6.45, 7) is 6.26. The van der Waals surface area contributed by atoms with E-state index in [0.29, 0.717) is 6.04 Å². The largest absolute Gasteiger partial charge is 0.309 e. The summed E-state index contributed by atoms with van der Waals surface area (Å²) < 4.78 is 0. The Morgan fingerprint density at radius 2 is 2.12 bits per heavy atom. The number of aryl methyl sites for hydroxylation is 1. The fraction of sp³-hybridized carbons (Fsp3) is 0.615. The van der Waals surface area contributed by atoms with Crippen LogP contribution in [-0.2, 0) is 6.54 Å². The Balaban J connectivity index is 2.26. The Bertz CT molecular complexity index is 293. The van der Waals surface area contributed by atoms with Crippen molar-refractivity contribution in [1.29, 1.82) is 0 Å². The summed E-state index contributed by atoms with van der Waals surface area (Å²) in [5, 5.41) is 3.48. The molecule has 3 heteroatoms. The fourth-order valence-corrected chi connectivity index (χ4v) is 1.44. The normalized spacial score (nSPS) is 13.1. The van der Waals surface area contributed by atoms with E-state index in [1.54, 1.807) is 0 Å². The van der Waals surface area contributed by atoms with Crippen LogP contribution in [0.3, 0.4) is 0 Å². The van der Waals surface area contributed by atoms with Gasteiger partial charge in [0.2, 0.25) is 0 Å². The molecule has 0 saturated carbocycles. The Morgan fingerprint density at radius 1 is 1.38 bits per heavy atom. The van der Waals surface area contributed by atoms with Crippen molar-refractivity contribution in [1.82, 2.24) is 15.2 Å².